The van der Waals surface area contributed by atoms with Gasteiger partial charge in [0, 0.05) is 12.1 Å². The topological polar surface area (TPSA) is 56.8 Å². The highest BCUT2D eigenvalue weighted by Crippen LogP contribution is 2.20. The zero-order valence-corrected chi connectivity index (χ0v) is 13.9. The average Bonchev–Trinajstić information content (AvgIpc) is 2.60. The lowest BCUT2D eigenvalue weighted by Crippen LogP contribution is -2.36. The maximum Gasteiger partial charge on any atom is 0.387 e. The molecule has 0 radical (unpaired) electrons. The van der Waals surface area contributed by atoms with Crippen LogP contribution in [0.4, 0.5) is 8.78 Å². The van der Waals surface area contributed by atoms with Gasteiger partial charge in [-0.1, -0.05) is 18.2 Å². The van der Waals surface area contributed by atoms with Crippen LogP contribution in [0, 0.1) is 0 Å². The lowest BCUT2D eigenvalue weighted by atomic mass is 10.2. The highest BCUT2D eigenvalue weighted by atomic mass is 19.3. The van der Waals surface area contributed by atoms with Crippen LogP contribution in [0.3, 0.4) is 0 Å². The number of amides is 1. The molecule has 134 valence electrons. The van der Waals surface area contributed by atoms with E-state index in [0.29, 0.717) is 17.1 Å². The molecule has 0 bridgehead atoms. The lowest BCUT2D eigenvalue weighted by Gasteiger charge is -2.16. The van der Waals surface area contributed by atoms with Crippen molar-refractivity contribution in [1.29, 1.82) is 0 Å². The van der Waals surface area contributed by atoms with Crippen molar-refractivity contribution in [2.24, 2.45) is 0 Å². The number of hydrogen-bond donors (Lipinski definition) is 1. The third kappa shape index (κ3) is 5.63. The number of para-hydroxylation sites is 1. The molecule has 0 spiro atoms. The molecule has 7 heteroatoms. The van der Waals surface area contributed by atoms with E-state index in [1.54, 1.807) is 56.5 Å². The van der Waals surface area contributed by atoms with Gasteiger partial charge < -0.3 is 19.5 Å². The van der Waals surface area contributed by atoms with Gasteiger partial charge in [-0.25, -0.2) is 0 Å². The summed E-state index contributed by atoms with van der Waals surface area (Å²) < 4.78 is 39.8. The van der Waals surface area contributed by atoms with Crippen molar-refractivity contribution in [3.8, 4) is 17.2 Å². The molecule has 0 saturated heterocycles. The molecule has 25 heavy (non-hydrogen) atoms. The van der Waals surface area contributed by atoms with Crippen molar-refractivity contribution >= 4 is 5.91 Å². The molecule has 2 aromatic rings. The fraction of sp³-hybridized carbons (Fsp3) is 0.278. The summed E-state index contributed by atoms with van der Waals surface area (Å²) in [6.45, 7) is -1.27. The highest BCUT2D eigenvalue weighted by Gasteiger charge is 2.16. The largest absolute Gasteiger partial charge is 0.497 e. The molecule has 1 unspecified atom stereocenters. The standard InChI is InChI=1S/C18H19F2NO4/c1-12(24-15-9-7-14(23-2)8-10-15)17(22)21-11-13-5-3-4-6-16(13)25-18(19)20/h3-10,12,18H,11H2,1-2H3,(H,21,22). The number of ether oxygens (including phenoxy) is 3. The number of hydrogen-bond acceptors (Lipinski definition) is 4. The highest BCUT2D eigenvalue weighted by molar-refractivity contribution is 5.80. The van der Waals surface area contributed by atoms with E-state index in [0.717, 1.165) is 0 Å². The van der Waals surface area contributed by atoms with Crippen LogP contribution in [0.1, 0.15) is 12.5 Å². The Balaban J connectivity index is 1.91. The van der Waals surface area contributed by atoms with Gasteiger partial charge in [-0.3, -0.25) is 4.79 Å². The van der Waals surface area contributed by atoms with Gasteiger partial charge in [-0.15, -0.1) is 0 Å². The van der Waals surface area contributed by atoms with Gasteiger partial charge in [0.15, 0.2) is 6.10 Å². The van der Waals surface area contributed by atoms with E-state index in [9.17, 15) is 13.6 Å². The van der Waals surface area contributed by atoms with Crippen LogP contribution >= 0.6 is 0 Å². The smallest absolute Gasteiger partial charge is 0.387 e. The minimum absolute atomic E-state index is 0.0292. The fourth-order valence-electron chi connectivity index (χ4n) is 2.10. The van der Waals surface area contributed by atoms with Gasteiger partial charge in [0.1, 0.15) is 17.2 Å². The van der Waals surface area contributed by atoms with E-state index in [1.165, 1.54) is 6.07 Å². The van der Waals surface area contributed by atoms with Crippen molar-refractivity contribution in [2.75, 3.05) is 7.11 Å². The molecule has 1 N–H and O–H groups in total. The molecule has 2 rings (SSSR count). The van der Waals surface area contributed by atoms with E-state index in [2.05, 4.69) is 10.1 Å². The van der Waals surface area contributed by atoms with Crippen LogP contribution in [0.15, 0.2) is 48.5 Å². The number of nitrogens with one attached hydrogen (secondary N) is 1. The van der Waals surface area contributed by atoms with Crippen LogP contribution in [0.5, 0.6) is 17.2 Å². The van der Waals surface area contributed by atoms with E-state index >= 15 is 0 Å². The molecule has 0 saturated carbocycles. The first-order valence-electron chi connectivity index (χ1n) is 7.60. The van der Waals surface area contributed by atoms with Crippen LogP contribution in [-0.4, -0.2) is 25.7 Å². The van der Waals surface area contributed by atoms with Gasteiger partial charge in [0.2, 0.25) is 0 Å². The number of methoxy groups -OCH3 is 1. The first-order chi connectivity index (χ1) is 12.0. The molecule has 1 amide bonds. The zero-order chi connectivity index (χ0) is 18.2. The first-order valence-corrected chi connectivity index (χ1v) is 7.60. The molecule has 0 fully saturated rings. The average molecular weight is 351 g/mol. The molecule has 0 aromatic heterocycles. The Hall–Kier alpha value is -2.83. The number of carbonyl (C=O) groups is 1. The molecule has 2 aromatic carbocycles. The Labute approximate surface area is 144 Å². The summed E-state index contributed by atoms with van der Waals surface area (Å²) in [4.78, 5) is 12.1. The van der Waals surface area contributed by atoms with Crippen molar-refractivity contribution in [2.45, 2.75) is 26.2 Å². The van der Waals surface area contributed by atoms with Crippen molar-refractivity contribution in [3.05, 3.63) is 54.1 Å². The summed E-state index contributed by atoms with van der Waals surface area (Å²) in [5, 5.41) is 2.64. The second-order valence-corrected chi connectivity index (χ2v) is 5.14. The predicted octanol–water partition coefficient (Wildman–Crippen LogP) is 3.38. The van der Waals surface area contributed by atoms with E-state index < -0.39 is 12.7 Å². The summed E-state index contributed by atoms with van der Waals surface area (Å²) in [7, 11) is 1.56. The second-order valence-electron chi connectivity index (χ2n) is 5.14. The van der Waals surface area contributed by atoms with Crippen LogP contribution in [0.25, 0.3) is 0 Å². The third-order valence-electron chi connectivity index (χ3n) is 3.38. The quantitative estimate of drug-likeness (QED) is 0.792. The molecule has 0 aliphatic rings. The van der Waals surface area contributed by atoms with Crippen LogP contribution < -0.4 is 19.5 Å². The number of halogens is 2. The van der Waals surface area contributed by atoms with Gasteiger partial charge in [-0.05, 0) is 37.3 Å². The van der Waals surface area contributed by atoms with Crippen molar-refractivity contribution < 1.29 is 27.8 Å². The Morgan fingerprint density at radius 3 is 2.32 bits per heavy atom. The lowest BCUT2D eigenvalue weighted by molar-refractivity contribution is -0.127. The minimum atomic E-state index is -2.92. The molecular weight excluding hydrogens is 332 g/mol. The third-order valence-corrected chi connectivity index (χ3v) is 3.38. The SMILES string of the molecule is COc1ccc(OC(C)C(=O)NCc2ccccc2OC(F)F)cc1. The first kappa shape index (κ1) is 18.5. The summed E-state index contributed by atoms with van der Waals surface area (Å²) in [5.74, 6) is 0.856. The predicted molar refractivity (Wildman–Crippen MR) is 88.0 cm³/mol. The van der Waals surface area contributed by atoms with Crippen molar-refractivity contribution in [3.63, 3.8) is 0 Å². The molecule has 0 aliphatic heterocycles. The van der Waals surface area contributed by atoms with E-state index in [1.807, 2.05) is 0 Å². The van der Waals surface area contributed by atoms with Crippen molar-refractivity contribution in [1.82, 2.24) is 5.32 Å². The maximum atomic E-state index is 12.4. The number of carbonyl (C=O) groups excluding carboxylic acids is 1. The van der Waals surface area contributed by atoms with Gasteiger partial charge in [0.25, 0.3) is 5.91 Å². The molecule has 1 atom stereocenters. The number of alkyl halides is 2. The number of rotatable bonds is 8. The monoisotopic (exact) mass is 351 g/mol. The second kappa shape index (κ2) is 8.86. The summed E-state index contributed by atoms with van der Waals surface area (Å²) in [5.41, 5.74) is 0.452. The zero-order valence-electron chi connectivity index (χ0n) is 13.9. The summed E-state index contributed by atoms with van der Waals surface area (Å²) in [6.07, 6.45) is -0.753. The Morgan fingerprint density at radius 1 is 1.04 bits per heavy atom. The minimum Gasteiger partial charge on any atom is -0.497 e. The fourth-order valence-corrected chi connectivity index (χ4v) is 2.10. The van der Waals surface area contributed by atoms with Crippen LogP contribution in [0.2, 0.25) is 0 Å². The Kier molecular flexibility index (Phi) is 6.56. The molecule has 0 aliphatic carbocycles. The number of benzene rings is 2. The Morgan fingerprint density at radius 2 is 1.68 bits per heavy atom. The van der Waals surface area contributed by atoms with Gasteiger partial charge in [0.05, 0.1) is 7.11 Å². The van der Waals surface area contributed by atoms with Gasteiger partial charge >= 0.3 is 6.61 Å². The van der Waals surface area contributed by atoms with E-state index in [4.69, 9.17) is 9.47 Å². The summed E-state index contributed by atoms with van der Waals surface area (Å²) in [6, 6.07) is 13.1. The molecular formula is C18H19F2NO4. The van der Waals surface area contributed by atoms with Crippen LogP contribution in [-0.2, 0) is 11.3 Å². The Bertz CT molecular complexity index is 692. The molecule has 0 heterocycles. The van der Waals surface area contributed by atoms with E-state index in [-0.39, 0.29) is 18.2 Å². The maximum absolute atomic E-state index is 12.4. The normalized spacial score (nSPS) is 11.7. The summed E-state index contributed by atoms with van der Waals surface area (Å²) >= 11 is 0. The van der Waals surface area contributed by atoms with Gasteiger partial charge in [-0.2, -0.15) is 8.78 Å². The molecule has 5 nitrogen and oxygen atoms in total.